The van der Waals surface area contributed by atoms with Crippen LogP contribution in [0.4, 0.5) is 0 Å². The number of hydrogen-bond donors (Lipinski definition) is 2. The van der Waals surface area contributed by atoms with Crippen LogP contribution >= 0.6 is 15.9 Å². The fraction of sp³-hybridized carbons (Fsp3) is 0.600. The lowest BCUT2D eigenvalue weighted by atomic mass is 9.70. The molecule has 1 aromatic carbocycles. The Kier molecular flexibility index (Phi) is 13.0. The maximum atomic E-state index is 14.4. The van der Waals surface area contributed by atoms with Gasteiger partial charge in [-0.3, -0.25) is 19.2 Å². The van der Waals surface area contributed by atoms with Crippen LogP contribution in [0, 0.1) is 11.8 Å². The summed E-state index contributed by atoms with van der Waals surface area (Å²) in [5, 5.41) is 12.2. The zero-order chi connectivity index (χ0) is 33.3. The van der Waals surface area contributed by atoms with Crippen LogP contribution in [0.1, 0.15) is 70.0 Å². The summed E-state index contributed by atoms with van der Waals surface area (Å²) in [6, 6.07) is 8.28. The summed E-state index contributed by atoms with van der Waals surface area (Å²) >= 11 is 3.72. The highest BCUT2D eigenvalue weighted by Crippen LogP contribution is 2.60. The number of likely N-dealkylation sites (tertiary alicyclic amines) is 1. The Bertz CT molecular complexity index is 1250. The highest BCUT2D eigenvalue weighted by molar-refractivity contribution is 9.09. The number of amides is 3. The molecule has 7 atom stereocenters. The van der Waals surface area contributed by atoms with Crippen molar-refractivity contribution in [2.24, 2.45) is 11.8 Å². The largest absolute Gasteiger partial charge is 0.455 e. The molecule has 1 aromatic rings. The van der Waals surface area contributed by atoms with Crippen LogP contribution in [-0.4, -0.2) is 94.0 Å². The minimum absolute atomic E-state index is 0.0499. The standard InChI is InChI=1S/C35H48BrN3O7/c1-4-7-17-27(41)37-23-26(24-15-11-9-12-16-24)45-34(44)28-29-32(42)39(20-13-10-14-21-40)31(35(29)22-25(36)30(28)46-35)33(43)38(18-6-3)19-8-5-2/h4,6,9,11-12,15-16,25-26,28-31,40H,1,3,5,7-8,10,13-14,17-23H2,2H3,(H,37,41)/t25?,26-,28-,29+,30-,31-,35+/m1/s1. The molecule has 4 rings (SSSR count). The van der Waals surface area contributed by atoms with Gasteiger partial charge in [0.2, 0.25) is 17.7 Å². The van der Waals surface area contributed by atoms with E-state index in [0.717, 1.165) is 12.8 Å². The van der Waals surface area contributed by atoms with Crippen molar-refractivity contribution in [3.8, 4) is 0 Å². The summed E-state index contributed by atoms with van der Waals surface area (Å²) in [7, 11) is 0. The van der Waals surface area contributed by atoms with Crippen molar-refractivity contribution in [3.05, 3.63) is 61.2 Å². The summed E-state index contributed by atoms with van der Waals surface area (Å²) in [4.78, 5) is 58.4. The van der Waals surface area contributed by atoms with E-state index in [0.29, 0.717) is 57.3 Å². The Balaban J connectivity index is 1.64. The lowest BCUT2D eigenvalue weighted by Gasteiger charge is -2.37. The van der Waals surface area contributed by atoms with E-state index in [2.05, 4.69) is 41.3 Å². The van der Waals surface area contributed by atoms with Crippen LogP contribution in [0.15, 0.2) is 55.6 Å². The molecule has 3 heterocycles. The lowest BCUT2D eigenvalue weighted by molar-refractivity contribution is -0.160. The van der Waals surface area contributed by atoms with Crippen LogP contribution in [0.5, 0.6) is 0 Å². The molecule has 3 amide bonds. The summed E-state index contributed by atoms with van der Waals surface area (Å²) in [5.74, 6) is -3.09. The number of nitrogens with zero attached hydrogens (tertiary/aromatic N) is 2. The van der Waals surface area contributed by atoms with E-state index >= 15 is 0 Å². The third-order valence-corrected chi connectivity index (χ3v) is 10.1. The number of aliphatic hydroxyl groups is 1. The van der Waals surface area contributed by atoms with Gasteiger partial charge in [0.25, 0.3) is 0 Å². The van der Waals surface area contributed by atoms with Gasteiger partial charge in [-0.25, -0.2) is 0 Å². The number of carbonyl (C=O) groups excluding carboxylic acids is 4. The summed E-state index contributed by atoms with van der Waals surface area (Å²) in [6.07, 6.45) is 6.71. The Labute approximate surface area is 280 Å². The molecule has 2 bridgehead atoms. The van der Waals surface area contributed by atoms with Crippen molar-refractivity contribution < 1.29 is 33.8 Å². The molecular weight excluding hydrogens is 654 g/mol. The molecule has 10 nitrogen and oxygen atoms in total. The number of allylic oxidation sites excluding steroid dienone is 1. The summed E-state index contributed by atoms with van der Waals surface area (Å²) < 4.78 is 12.8. The first-order valence-electron chi connectivity index (χ1n) is 16.5. The number of ether oxygens (including phenoxy) is 2. The molecule has 0 aliphatic carbocycles. The average Bonchev–Trinajstić information content (AvgIpc) is 3.65. The third-order valence-electron chi connectivity index (χ3n) is 9.29. The topological polar surface area (TPSA) is 125 Å². The molecule has 11 heteroatoms. The molecule has 0 aromatic heterocycles. The van der Waals surface area contributed by atoms with E-state index in [1.807, 2.05) is 30.3 Å². The fourth-order valence-electron chi connectivity index (χ4n) is 7.10. The maximum absolute atomic E-state index is 14.4. The van der Waals surface area contributed by atoms with Crippen LogP contribution in [-0.2, 0) is 28.7 Å². The molecular formula is C35H48BrN3O7. The molecule has 0 radical (unpaired) electrons. The van der Waals surface area contributed by atoms with Gasteiger partial charge in [0.15, 0.2) is 0 Å². The first-order valence-corrected chi connectivity index (χ1v) is 17.4. The van der Waals surface area contributed by atoms with Crippen LogP contribution < -0.4 is 5.32 Å². The average molecular weight is 703 g/mol. The van der Waals surface area contributed by atoms with E-state index in [1.54, 1.807) is 22.0 Å². The number of carbonyl (C=O) groups is 4. The third kappa shape index (κ3) is 7.58. The SMILES string of the molecule is C=CCCC(=O)NC[C@@H](OC(=O)[C@H]1[C@@H]2O[C@@]3(CC2Br)[C@@H]1C(=O)N(CCCCCO)[C@@H]3C(=O)N(CC=C)CCCC)c1ccccc1. The van der Waals surface area contributed by atoms with Gasteiger partial charge < -0.3 is 29.7 Å². The predicted molar refractivity (Wildman–Crippen MR) is 178 cm³/mol. The fourth-order valence-corrected chi connectivity index (χ4v) is 8.04. The second-order valence-electron chi connectivity index (χ2n) is 12.4. The molecule has 252 valence electrons. The number of unbranched alkanes of at least 4 members (excludes halogenated alkanes) is 3. The number of aliphatic hydroxyl groups excluding tert-OH is 1. The van der Waals surface area contributed by atoms with Gasteiger partial charge in [0.05, 0.1) is 24.5 Å². The van der Waals surface area contributed by atoms with Gasteiger partial charge in [0, 0.05) is 37.5 Å². The van der Waals surface area contributed by atoms with Crippen molar-refractivity contribution >= 4 is 39.6 Å². The van der Waals surface area contributed by atoms with Crippen molar-refractivity contribution in [1.82, 2.24) is 15.1 Å². The van der Waals surface area contributed by atoms with Crippen LogP contribution in [0.2, 0.25) is 0 Å². The van der Waals surface area contributed by atoms with E-state index in [-0.39, 0.29) is 42.1 Å². The quantitative estimate of drug-likeness (QED) is 0.0964. The van der Waals surface area contributed by atoms with Gasteiger partial charge >= 0.3 is 5.97 Å². The zero-order valence-electron chi connectivity index (χ0n) is 26.8. The predicted octanol–water partition coefficient (Wildman–Crippen LogP) is 4.08. The van der Waals surface area contributed by atoms with Gasteiger partial charge in [-0.15, -0.1) is 13.2 Å². The Morgan fingerprint density at radius 2 is 1.96 bits per heavy atom. The molecule has 0 saturated carbocycles. The van der Waals surface area contributed by atoms with Gasteiger partial charge in [-0.05, 0) is 44.1 Å². The number of rotatable bonds is 19. The smallest absolute Gasteiger partial charge is 0.313 e. The Morgan fingerprint density at radius 3 is 2.63 bits per heavy atom. The molecule has 3 fully saturated rings. The molecule has 1 unspecified atom stereocenters. The number of fused-ring (bicyclic) bond motifs is 1. The van der Waals surface area contributed by atoms with Crippen molar-refractivity contribution in [2.75, 3.05) is 32.8 Å². The summed E-state index contributed by atoms with van der Waals surface area (Å²) in [6.45, 7) is 10.9. The zero-order valence-corrected chi connectivity index (χ0v) is 28.4. The first-order chi connectivity index (χ1) is 22.2. The van der Waals surface area contributed by atoms with E-state index in [1.165, 1.54) is 0 Å². The molecule has 2 N–H and O–H groups in total. The summed E-state index contributed by atoms with van der Waals surface area (Å²) in [5.41, 5.74) is -0.484. The van der Waals surface area contributed by atoms with Crippen LogP contribution in [0.3, 0.4) is 0 Å². The van der Waals surface area contributed by atoms with E-state index < -0.39 is 41.7 Å². The number of benzene rings is 1. The van der Waals surface area contributed by atoms with Crippen molar-refractivity contribution in [3.63, 3.8) is 0 Å². The van der Waals surface area contributed by atoms with Crippen molar-refractivity contribution in [1.29, 1.82) is 0 Å². The van der Waals surface area contributed by atoms with Gasteiger partial charge in [-0.1, -0.05) is 71.8 Å². The molecule has 3 saturated heterocycles. The molecule has 3 aliphatic heterocycles. The number of halogens is 1. The maximum Gasteiger partial charge on any atom is 0.313 e. The van der Waals surface area contributed by atoms with E-state index in [9.17, 15) is 24.3 Å². The lowest BCUT2D eigenvalue weighted by Crippen LogP contribution is -2.57. The van der Waals surface area contributed by atoms with Gasteiger partial charge in [-0.2, -0.15) is 0 Å². The van der Waals surface area contributed by atoms with Crippen LogP contribution in [0.25, 0.3) is 0 Å². The van der Waals surface area contributed by atoms with Crippen molar-refractivity contribution in [2.45, 2.75) is 87.0 Å². The van der Waals surface area contributed by atoms with Gasteiger partial charge in [0.1, 0.15) is 17.7 Å². The monoisotopic (exact) mass is 701 g/mol. The number of nitrogens with one attached hydrogen (secondary N) is 1. The number of alkyl halides is 1. The highest BCUT2D eigenvalue weighted by atomic mass is 79.9. The number of hydrogen-bond acceptors (Lipinski definition) is 7. The minimum atomic E-state index is -1.19. The highest BCUT2D eigenvalue weighted by Gasteiger charge is 2.77. The molecule has 3 aliphatic rings. The normalized spacial score (nSPS) is 26.8. The second-order valence-corrected chi connectivity index (χ2v) is 13.5. The minimum Gasteiger partial charge on any atom is -0.455 e. The second kappa shape index (κ2) is 16.7. The molecule has 46 heavy (non-hydrogen) atoms. The number of esters is 1. The molecule has 1 spiro atoms. The Hall–Kier alpha value is -3.02. The Morgan fingerprint density at radius 1 is 1.20 bits per heavy atom. The first kappa shape index (κ1) is 35.8. The van der Waals surface area contributed by atoms with E-state index in [4.69, 9.17) is 9.47 Å².